The Morgan fingerprint density at radius 1 is 0.692 bits per heavy atom. The largest absolute Gasteiger partial charge is 0.310 e. The van der Waals surface area contributed by atoms with Gasteiger partial charge in [0.25, 0.3) is 0 Å². The first kappa shape index (κ1) is 20.3. The summed E-state index contributed by atoms with van der Waals surface area (Å²) in [5.41, 5.74) is 2.19. The zero-order chi connectivity index (χ0) is 19.3. The molecule has 0 spiro atoms. The van der Waals surface area contributed by atoms with Crippen molar-refractivity contribution in [3.63, 3.8) is 0 Å². The lowest BCUT2D eigenvalue weighted by molar-refractivity contribution is 0.364. The molecule has 0 atom stereocenters. The van der Waals surface area contributed by atoms with Crippen LogP contribution in [0.1, 0.15) is 49.3 Å². The molecule has 0 bridgehead atoms. The monoisotopic (exact) mass is 388 g/mol. The standard InChI is InChI=1S/C20H21F5S/c1-2-3-4-5-6-17-7-9-18(10-8-17)11-12-19-13-15-20(16-14-19)26(21,22,23,24)25/h7-10,13-16H,2-6H2,1H3. The van der Waals surface area contributed by atoms with Crippen LogP contribution in [0.2, 0.25) is 0 Å². The van der Waals surface area contributed by atoms with E-state index >= 15 is 0 Å². The van der Waals surface area contributed by atoms with E-state index in [1.807, 2.05) is 24.3 Å². The van der Waals surface area contributed by atoms with Crippen LogP contribution in [0, 0.1) is 11.8 Å². The maximum atomic E-state index is 12.7. The van der Waals surface area contributed by atoms with Crippen molar-refractivity contribution < 1.29 is 19.4 Å². The molecule has 0 aliphatic carbocycles. The van der Waals surface area contributed by atoms with Gasteiger partial charge in [-0.25, -0.2) is 0 Å². The number of aryl methyl sites for hydroxylation is 1. The number of rotatable bonds is 6. The lowest BCUT2D eigenvalue weighted by atomic mass is 10.0. The molecule has 0 amide bonds. The SMILES string of the molecule is CCCCCCc1ccc(C#Cc2ccc(S(F)(F)(F)(F)F)cc2)cc1. The van der Waals surface area contributed by atoms with Crippen LogP contribution in [0.3, 0.4) is 0 Å². The van der Waals surface area contributed by atoms with Crippen molar-refractivity contribution in [2.45, 2.75) is 43.9 Å². The van der Waals surface area contributed by atoms with Crippen molar-refractivity contribution in [1.29, 1.82) is 0 Å². The minimum Gasteiger partial charge on any atom is -0.0936 e. The molecule has 0 unspecified atom stereocenters. The topological polar surface area (TPSA) is 0 Å². The molecular formula is C20H21F5S. The minimum atomic E-state index is -9.62. The molecule has 0 aliphatic heterocycles. The molecule has 2 rings (SSSR count). The fourth-order valence-corrected chi connectivity index (χ4v) is 3.10. The summed E-state index contributed by atoms with van der Waals surface area (Å²) in [5.74, 6) is 5.53. The quantitative estimate of drug-likeness (QED) is 0.268. The Morgan fingerprint density at radius 3 is 1.65 bits per heavy atom. The molecule has 6 heteroatoms. The van der Waals surface area contributed by atoms with Crippen molar-refractivity contribution in [2.75, 3.05) is 0 Å². The lowest BCUT2D eigenvalue weighted by Gasteiger charge is -2.40. The molecular weight excluding hydrogens is 367 g/mol. The predicted octanol–water partition coefficient (Wildman–Crippen LogP) is 7.87. The van der Waals surface area contributed by atoms with E-state index in [1.165, 1.54) is 24.8 Å². The molecule has 0 nitrogen and oxygen atoms in total. The molecule has 0 fully saturated rings. The van der Waals surface area contributed by atoms with Crippen LogP contribution in [0.4, 0.5) is 19.4 Å². The molecule has 142 valence electrons. The van der Waals surface area contributed by atoms with Crippen LogP contribution in [0.25, 0.3) is 0 Å². The zero-order valence-electron chi connectivity index (χ0n) is 14.5. The molecule has 0 aromatic heterocycles. The van der Waals surface area contributed by atoms with Gasteiger partial charge in [-0.15, -0.1) is 0 Å². The smallest absolute Gasteiger partial charge is 0.0936 e. The fraction of sp³-hybridized carbons (Fsp3) is 0.300. The number of unbranched alkanes of at least 4 members (excludes halogenated alkanes) is 3. The summed E-state index contributed by atoms with van der Waals surface area (Å²) in [6.45, 7) is 2.16. The van der Waals surface area contributed by atoms with Gasteiger partial charge in [0.2, 0.25) is 0 Å². The van der Waals surface area contributed by atoms with E-state index in [1.54, 1.807) is 0 Å². The molecule has 0 heterocycles. The fourth-order valence-electron chi connectivity index (χ4n) is 2.45. The first-order chi connectivity index (χ1) is 12.0. The van der Waals surface area contributed by atoms with Crippen molar-refractivity contribution in [2.24, 2.45) is 0 Å². The van der Waals surface area contributed by atoms with E-state index in [2.05, 4.69) is 18.8 Å². The second-order valence-electron chi connectivity index (χ2n) is 6.25. The van der Waals surface area contributed by atoms with E-state index in [0.29, 0.717) is 12.1 Å². The molecule has 26 heavy (non-hydrogen) atoms. The van der Waals surface area contributed by atoms with Gasteiger partial charge in [0.15, 0.2) is 0 Å². The van der Waals surface area contributed by atoms with Crippen LogP contribution in [0.15, 0.2) is 53.4 Å². The summed E-state index contributed by atoms with van der Waals surface area (Å²) in [6, 6.07) is 10.3. The Hall–Kier alpha value is -2.00. The number of hydrogen-bond donors (Lipinski definition) is 0. The van der Waals surface area contributed by atoms with Gasteiger partial charge < -0.3 is 0 Å². The lowest BCUT2D eigenvalue weighted by Crippen LogP contribution is -2.05. The summed E-state index contributed by atoms with van der Waals surface area (Å²) in [6.07, 6.45) is 5.76. The van der Waals surface area contributed by atoms with Gasteiger partial charge in [-0.3, -0.25) is 0 Å². The van der Waals surface area contributed by atoms with Crippen molar-refractivity contribution in [3.05, 3.63) is 65.2 Å². The van der Waals surface area contributed by atoms with Crippen molar-refractivity contribution >= 4 is 10.2 Å². The highest BCUT2D eigenvalue weighted by atomic mass is 32.5. The summed E-state index contributed by atoms with van der Waals surface area (Å²) in [7, 11) is -9.62. The van der Waals surface area contributed by atoms with Crippen LogP contribution in [-0.4, -0.2) is 0 Å². The Morgan fingerprint density at radius 2 is 1.19 bits per heavy atom. The van der Waals surface area contributed by atoms with Gasteiger partial charge >= 0.3 is 10.2 Å². The van der Waals surface area contributed by atoms with E-state index in [9.17, 15) is 19.4 Å². The first-order valence-electron chi connectivity index (χ1n) is 8.43. The highest BCUT2D eigenvalue weighted by molar-refractivity contribution is 8.45. The van der Waals surface area contributed by atoms with Gasteiger partial charge in [0.05, 0.1) is 0 Å². The summed E-state index contributed by atoms with van der Waals surface area (Å²) in [5, 5.41) is 0. The van der Waals surface area contributed by atoms with Crippen LogP contribution < -0.4 is 0 Å². The number of benzene rings is 2. The molecule has 0 aliphatic rings. The van der Waals surface area contributed by atoms with Gasteiger partial charge in [-0.2, -0.15) is 0 Å². The molecule has 0 saturated heterocycles. The second-order valence-corrected chi connectivity index (χ2v) is 8.66. The average Bonchev–Trinajstić information content (AvgIpc) is 2.56. The zero-order valence-corrected chi connectivity index (χ0v) is 15.3. The van der Waals surface area contributed by atoms with E-state index < -0.39 is 15.1 Å². The summed E-state index contributed by atoms with van der Waals surface area (Å²) in [4.78, 5) is -1.90. The van der Waals surface area contributed by atoms with Gasteiger partial charge in [0, 0.05) is 11.1 Å². The molecule has 2 aromatic rings. The molecule has 2 aromatic carbocycles. The predicted molar refractivity (Wildman–Crippen MR) is 98.1 cm³/mol. The Kier molecular flexibility index (Phi) is 5.44. The second kappa shape index (κ2) is 6.96. The summed E-state index contributed by atoms with van der Waals surface area (Å²) >= 11 is 0. The maximum Gasteiger partial charge on any atom is 0.310 e. The van der Waals surface area contributed by atoms with Gasteiger partial charge in [-0.1, -0.05) is 69.6 Å². The van der Waals surface area contributed by atoms with E-state index in [-0.39, 0.29) is 5.56 Å². The van der Waals surface area contributed by atoms with Crippen molar-refractivity contribution in [1.82, 2.24) is 0 Å². The van der Waals surface area contributed by atoms with Gasteiger partial charge in [-0.05, 0) is 54.8 Å². The van der Waals surface area contributed by atoms with Crippen LogP contribution >= 0.6 is 10.2 Å². The Bertz CT molecular complexity index is 794. The number of halogens is 5. The third-order valence-corrected chi connectivity index (χ3v) is 5.09. The maximum absolute atomic E-state index is 12.7. The van der Waals surface area contributed by atoms with Crippen molar-refractivity contribution in [3.8, 4) is 11.8 Å². The Labute approximate surface area is 151 Å². The average molecular weight is 388 g/mol. The molecule has 0 radical (unpaired) electrons. The Balaban J connectivity index is 2.03. The van der Waals surface area contributed by atoms with Crippen LogP contribution in [0.5, 0.6) is 0 Å². The normalized spacial score (nSPS) is 14.1. The third-order valence-electron chi connectivity index (χ3n) is 3.92. The third kappa shape index (κ3) is 6.38. The molecule has 0 N–H and O–H groups in total. The highest BCUT2D eigenvalue weighted by Gasteiger charge is 2.65. The van der Waals surface area contributed by atoms with E-state index in [0.717, 1.165) is 30.5 Å². The molecule has 0 saturated carbocycles. The highest BCUT2D eigenvalue weighted by Crippen LogP contribution is 3.02. The summed E-state index contributed by atoms with van der Waals surface area (Å²) < 4.78 is 63.3. The minimum absolute atomic E-state index is 0.249. The van der Waals surface area contributed by atoms with E-state index in [4.69, 9.17) is 0 Å². The van der Waals surface area contributed by atoms with Gasteiger partial charge in [0.1, 0.15) is 4.90 Å². The number of hydrogen-bond acceptors (Lipinski definition) is 0. The van der Waals surface area contributed by atoms with Crippen LogP contribution in [-0.2, 0) is 6.42 Å². The first-order valence-corrected chi connectivity index (χ1v) is 10.4.